The number of rotatable bonds is 24. The molecule has 0 bridgehead atoms. The normalized spacial score (nSPS) is 20.3. The number of methoxy groups -OCH3 is 2. The van der Waals surface area contributed by atoms with Crippen LogP contribution in [0, 0.1) is 17.8 Å². The second-order valence-electron chi connectivity index (χ2n) is 12.0. The van der Waals surface area contributed by atoms with Crippen LogP contribution in [0.15, 0.2) is 34.6 Å². The van der Waals surface area contributed by atoms with Crippen LogP contribution in [0.2, 0.25) is 0 Å². The third kappa shape index (κ3) is 15.4. The molecule has 45 heavy (non-hydrogen) atoms. The predicted octanol–water partition coefficient (Wildman–Crippen LogP) is 5.59. The summed E-state index contributed by atoms with van der Waals surface area (Å²) in [7, 11) is 3.23. The monoisotopic (exact) mass is 638 g/mol. The summed E-state index contributed by atoms with van der Waals surface area (Å²) in [6.07, 6.45) is 10.3. The van der Waals surface area contributed by atoms with Crippen molar-refractivity contribution in [3.8, 4) is 0 Å². The highest BCUT2D eigenvalue weighted by atomic mass is 16.6. The molecular formula is C35H58O10. The van der Waals surface area contributed by atoms with E-state index in [1.54, 1.807) is 14.2 Å². The summed E-state index contributed by atoms with van der Waals surface area (Å²) in [5.74, 6) is 0.199. The number of allylic oxidation sites excluding steroid dienone is 3. The lowest BCUT2D eigenvalue weighted by Crippen LogP contribution is -2.35. The lowest BCUT2D eigenvalue weighted by Gasteiger charge is -2.39. The summed E-state index contributed by atoms with van der Waals surface area (Å²) in [5, 5.41) is 0. The zero-order valence-corrected chi connectivity index (χ0v) is 28.6. The molecule has 0 saturated heterocycles. The summed E-state index contributed by atoms with van der Waals surface area (Å²) in [5.41, 5.74) is 3.23. The van der Waals surface area contributed by atoms with Gasteiger partial charge in [0.25, 0.3) is 0 Å². The van der Waals surface area contributed by atoms with E-state index in [9.17, 15) is 9.59 Å². The van der Waals surface area contributed by atoms with E-state index in [4.69, 9.17) is 37.9 Å². The molecule has 0 saturated carbocycles. The average molecular weight is 639 g/mol. The van der Waals surface area contributed by atoms with Crippen molar-refractivity contribution in [3.05, 3.63) is 34.6 Å². The number of carbonyl (C=O) groups is 2. The summed E-state index contributed by atoms with van der Waals surface area (Å²) in [6.45, 7) is 11.5. The van der Waals surface area contributed by atoms with Gasteiger partial charge in [0, 0.05) is 32.1 Å². The fourth-order valence-corrected chi connectivity index (χ4v) is 5.72. The quantitative estimate of drug-likeness (QED) is 0.0754. The second kappa shape index (κ2) is 23.3. The number of hydrogen-bond acceptors (Lipinski definition) is 10. The maximum absolute atomic E-state index is 13.1. The molecule has 0 aromatic carbocycles. The molecule has 0 spiro atoms. The standard InChI is InChI=1S/C35H58O10/c1-7-8-9-10-28-22-31(44-33(36)24-42-19-17-40-15-13-38-5)35(30-21-27(4)11-12-29(30)26(2)3)32(23-28)45-34(37)25-43-20-18-41-16-14-39-6/h21-22,26,29-30,32H,7-20,23-25H2,1-6H3/t29?,30-,32?/m1/s1. The maximum atomic E-state index is 13.1. The highest BCUT2D eigenvalue weighted by Crippen LogP contribution is 2.44. The van der Waals surface area contributed by atoms with Gasteiger partial charge in [-0.2, -0.15) is 0 Å². The zero-order valence-electron chi connectivity index (χ0n) is 28.6. The molecule has 0 heterocycles. The van der Waals surface area contributed by atoms with Gasteiger partial charge in [-0.15, -0.1) is 0 Å². The Balaban J connectivity index is 2.28. The van der Waals surface area contributed by atoms with Gasteiger partial charge >= 0.3 is 11.9 Å². The highest BCUT2D eigenvalue weighted by molar-refractivity contribution is 5.73. The van der Waals surface area contributed by atoms with Gasteiger partial charge < -0.3 is 37.9 Å². The van der Waals surface area contributed by atoms with E-state index in [1.807, 2.05) is 6.08 Å². The molecule has 0 amide bonds. The van der Waals surface area contributed by atoms with E-state index >= 15 is 0 Å². The Labute approximate surface area is 270 Å². The van der Waals surface area contributed by atoms with Gasteiger partial charge in [0.1, 0.15) is 25.1 Å². The number of esters is 2. The van der Waals surface area contributed by atoms with Gasteiger partial charge in [0.2, 0.25) is 0 Å². The van der Waals surface area contributed by atoms with Gasteiger partial charge in [-0.05, 0) is 50.5 Å². The van der Waals surface area contributed by atoms with Crippen molar-refractivity contribution in [2.45, 2.75) is 78.7 Å². The van der Waals surface area contributed by atoms with Crippen molar-refractivity contribution in [3.63, 3.8) is 0 Å². The molecule has 2 aliphatic carbocycles. The van der Waals surface area contributed by atoms with Gasteiger partial charge in [-0.3, -0.25) is 0 Å². The Morgan fingerprint density at radius 2 is 1.44 bits per heavy atom. The lowest BCUT2D eigenvalue weighted by atomic mass is 9.69. The first-order valence-electron chi connectivity index (χ1n) is 16.6. The molecule has 0 aromatic heterocycles. The smallest absolute Gasteiger partial charge is 0.337 e. The molecule has 2 unspecified atom stereocenters. The Kier molecular flexibility index (Phi) is 20.2. The lowest BCUT2D eigenvalue weighted by molar-refractivity contribution is -0.153. The second-order valence-corrected chi connectivity index (χ2v) is 12.0. The van der Waals surface area contributed by atoms with Gasteiger partial charge in [0.15, 0.2) is 0 Å². The van der Waals surface area contributed by atoms with Crippen LogP contribution < -0.4 is 0 Å². The van der Waals surface area contributed by atoms with Crippen LogP contribution in [0.4, 0.5) is 0 Å². The average Bonchev–Trinajstić information content (AvgIpc) is 3.00. The molecule has 0 N–H and O–H groups in total. The van der Waals surface area contributed by atoms with Crippen LogP contribution in [0.1, 0.15) is 72.6 Å². The third-order valence-electron chi connectivity index (χ3n) is 8.07. The minimum Gasteiger partial charge on any atom is -0.456 e. The Bertz CT molecular complexity index is 954. The predicted molar refractivity (Wildman–Crippen MR) is 172 cm³/mol. The molecule has 2 rings (SSSR count). The van der Waals surface area contributed by atoms with Crippen LogP contribution in [-0.2, 0) is 47.5 Å². The molecule has 10 nitrogen and oxygen atoms in total. The molecule has 258 valence electrons. The highest BCUT2D eigenvalue weighted by Gasteiger charge is 2.39. The Morgan fingerprint density at radius 1 is 0.844 bits per heavy atom. The van der Waals surface area contributed by atoms with Crippen molar-refractivity contribution < 1.29 is 47.5 Å². The Hall–Kier alpha value is -2.08. The topological polar surface area (TPSA) is 108 Å². The van der Waals surface area contributed by atoms with E-state index in [1.165, 1.54) is 5.57 Å². The number of ether oxygens (including phenoxy) is 8. The maximum Gasteiger partial charge on any atom is 0.337 e. The van der Waals surface area contributed by atoms with Crippen LogP contribution in [0.3, 0.4) is 0 Å². The van der Waals surface area contributed by atoms with Crippen molar-refractivity contribution in [2.75, 3.05) is 80.3 Å². The van der Waals surface area contributed by atoms with Crippen LogP contribution in [0.25, 0.3) is 0 Å². The van der Waals surface area contributed by atoms with Crippen LogP contribution >= 0.6 is 0 Å². The van der Waals surface area contributed by atoms with Crippen molar-refractivity contribution >= 4 is 11.9 Å². The molecule has 10 heteroatoms. The van der Waals surface area contributed by atoms with Crippen LogP contribution in [-0.4, -0.2) is 98.3 Å². The zero-order chi connectivity index (χ0) is 32.9. The molecule has 2 aliphatic rings. The van der Waals surface area contributed by atoms with Crippen LogP contribution in [0.5, 0.6) is 0 Å². The first-order valence-corrected chi connectivity index (χ1v) is 16.6. The van der Waals surface area contributed by atoms with Gasteiger partial charge in [-0.25, -0.2) is 9.59 Å². The summed E-state index contributed by atoms with van der Waals surface area (Å²) in [4.78, 5) is 26.2. The number of hydrogen-bond donors (Lipinski definition) is 0. The van der Waals surface area contributed by atoms with Gasteiger partial charge in [-0.1, -0.05) is 50.8 Å². The molecule has 0 aliphatic heterocycles. The summed E-state index contributed by atoms with van der Waals surface area (Å²) in [6, 6.07) is 0. The largest absolute Gasteiger partial charge is 0.456 e. The molecule has 0 radical (unpaired) electrons. The van der Waals surface area contributed by atoms with E-state index in [2.05, 4.69) is 33.8 Å². The molecular weight excluding hydrogens is 580 g/mol. The first kappa shape index (κ1) is 39.1. The number of carbonyl (C=O) groups excluding carboxylic acids is 2. The fourth-order valence-electron chi connectivity index (χ4n) is 5.72. The Morgan fingerprint density at radius 3 is 2.04 bits per heavy atom. The fraction of sp³-hybridized carbons (Fsp3) is 0.771. The summed E-state index contributed by atoms with van der Waals surface area (Å²) >= 11 is 0. The number of unbranched alkanes of at least 4 members (excludes halogenated alkanes) is 2. The molecule has 3 atom stereocenters. The van der Waals surface area contributed by atoms with E-state index in [0.717, 1.165) is 49.7 Å². The summed E-state index contributed by atoms with van der Waals surface area (Å²) < 4.78 is 44.1. The van der Waals surface area contributed by atoms with Gasteiger partial charge in [0.05, 0.1) is 52.9 Å². The minimum absolute atomic E-state index is 0.0296. The molecule has 0 aromatic rings. The van der Waals surface area contributed by atoms with E-state index in [0.29, 0.717) is 63.7 Å². The van der Waals surface area contributed by atoms with E-state index < -0.39 is 18.0 Å². The van der Waals surface area contributed by atoms with Crippen molar-refractivity contribution in [1.29, 1.82) is 0 Å². The third-order valence-corrected chi connectivity index (χ3v) is 8.07. The van der Waals surface area contributed by atoms with Crippen molar-refractivity contribution in [1.82, 2.24) is 0 Å². The minimum atomic E-state index is -0.563. The molecule has 0 fully saturated rings. The van der Waals surface area contributed by atoms with E-state index in [-0.39, 0.29) is 32.3 Å². The van der Waals surface area contributed by atoms with Crippen molar-refractivity contribution in [2.24, 2.45) is 17.8 Å². The first-order chi connectivity index (χ1) is 21.8. The SMILES string of the molecule is CCCCCC1=CC(OC(=O)COCCOCCOC)=C([C@@H]2C=C(C)CCC2C(C)C)C(OC(=O)COCCOCCOC)C1.